The largest absolute Gasteiger partial charge is 0.371 e. The third-order valence-corrected chi connectivity index (χ3v) is 2.61. The van der Waals surface area contributed by atoms with Crippen molar-refractivity contribution >= 4 is 5.69 Å². The van der Waals surface area contributed by atoms with Crippen LogP contribution in [0.5, 0.6) is 0 Å². The number of para-hydroxylation sites is 1. The maximum Gasteiger partial charge on any atom is 0.167 e. The maximum atomic E-state index is 14.1. The zero-order valence-corrected chi connectivity index (χ0v) is 7.63. The highest BCUT2D eigenvalue weighted by Gasteiger charge is 2.40. The van der Waals surface area contributed by atoms with Crippen molar-refractivity contribution in [2.45, 2.75) is 5.67 Å². The second kappa shape index (κ2) is 2.70. The molecule has 0 aliphatic carbocycles. The van der Waals surface area contributed by atoms with E-state index in [9.17, 15) is 4.39 Å². The van der Waals surface area contributed by atoms with Crippen molar-refractivity contribution in [2.24, 2.45) is 5.73 Å². The molecule has 0 fully saturated rings. The lowest BCUT2D eigenvalue weighted by atomic mass is 9.98. The molecule has 1 aromatic rings. The van der Waals surface area contributed by atoms with Crippen LogP contribution in [0.15, 0.2) is 24.3 Å². The Labute approximate surface area is 77.2 Å². The number of halogens is 1. The molecule has 2 N–H and O–H groups in total. The fourth-order valence-corrected chi connectivity index (χ4v) is 1.91. The van der Waals surface area contributed by atoms with Gasteiger partial charge in [0.15, 0.2) is 5.67 Å². The van der Waals surface area contributed by atoms with E-state index in [1.54, 1.807) is 0 Å². The van der Waals surface area contributed by atoms with Gasteiger partial charge >= 0.3 is 0 Å². The van der Waals surface area contributed by atoms with E-state index in [1.165, 1.54) is 0 Å². The van der Waals surface area contributed by atoms with Gasteiger partial charge in [-0.05, 0) is 6.07 Å². The van der Waals surface area contributed by atoms with Gasteiger partial charge in [-0.15, -0.1) is 0 Å². The molecule has 0 saturated carbocycles. The highest BCUT2D eigenvalue weighted by molar-refractivity contribution is 5.61. The third-order valence-electron chi connectivity index (χ3n) is 2.61. The fourth-order valence-electron chi connectivity index (χ4n) is 1.91. The molecule has 1 unspecified atom stereocenters. The third kappa shape index (κ3) is 1.11. The average Bonchev–Trinajstić information content (AvgIpc) is 2.42. The molecular weight excluding hydrogens is 167 g/mol. The summed E-state index contributed by atoms with van der Waals surface area (Å²) >= 11 is 0. The molecule has 1 heterocycles. The molecule has 1 aliphatic heterocycles. The second-order valence-corrected chi connectivity index (χ2v) is 3.54. The number of hydrogen-bond donors (Lipinski definition) is 1. The summed E-state index contributed by atoms with van der Waals surface area (Å²) in [6.07, 6.45) is 0. The molecular formula is C10H13FN2. The molecule has 2 rings (SSSR count). The monoisotopic (exact) mass is 180 g/mol. The Balaban J connectivity index is 2.53. The number of benzene rings is 1. The van der Waals surface area contributed by atoms with Crippen LogP contribution in [0.3, 0.4) is 0 Å². The Hall–Kier alpha value is -1.09. The Morgan fingerprint density at radius 3 is 2.92 bits per heavy atom. The lowest BCUT2D eigenvalue weighted by Gasteiger charge is -2.17. The molecule has 0 radical (unpaired) electrons. The quantitative estimate of drug-likeness (QED) is 0.705. The van der Waals surface area contributed by atoms with Crippen LogP contribution >= 0.6 is 0 Å². The van der Waals surface area contributed by atoms with E-state index in [4.69, 9.17) is 5.73 Å². The van der Waals surface area contributed by atoms with Crippen LogP contribution in [-0.4, -0.2) is 20.1 Å². The van der Waals surface area contributed by atoms with Crippen LogP contribution in [0.25, 0.3) is 0 Å². The second-order valence-electron chi connectivity index (χ2n) is 3.54. The van der Waals surface area contributed by atoms with Crippen molar-refractivity contribution in [1.29, 1.82) is 0 Å². The Bertz CT molecular complexity index is 326. The first kappa shape index (κ1) is 8.51. The Kier molecular flexibility index (Phi) is 1.77. The fraction of sp³-hybridized carbons (Fsp3) is 0.400. The predicted octanol–water partition coefficient (Wildman–Crippen LogP) is 1.26. The van der Waals surface area contributed by atoms with Gasteiger partial charge in [-0.2, -0.15) is 0 Å². The molecule has 0 aromatic heterocycles. The van der Waals surface area contributed by atoms with Crippen molar-refractivity contribution < 1.29 is 4.39 Å². The van der Waals surface area contributed by atoms with Gasteiger partial charge in [0.1, 0.15) is 0 Å². The smallest absolute Gasteiger partial charge is 0.167 e. The van der Waals surface area contributed by atoms with Crippen molar-refractivity contribution in [3.8, 4) is 0 Å². The molecule has 3 heteroatoms. The van der Waals surface area contributed by atoms with E-state index in [0.29, 0.717) is 6.54 Å². The summed E-state index contributed by atoms with van der Waals surface area (Å²) in [6, 6.07) is 7.50. The van der Waals surface area contributed by atoms with Crippen LogP contribution in [0.1, 0.15) is 5.56 Å². The van der Waals surface area contributed by atoms with E-state index in [0.717, 1.165) is 11.3 Å². The summed E-state index contributed by atoms with van der Waals surface area (Å²) in [5, 5.41) is 0. The van der Waals surface area contributed by atoms with E-state index < -0.39 is 5.67 Å². The number of likely N-dealkylation sites (N-methyl/N-ethyl adjacent to an activating group) is 1. The van der Waals surface area contributed by atoms with Crippen LogP contribution in [0.2, 0.25) is 0 Å². The van der Waals surface area contributed by atoms with E-state index >= 15 is 0 Å². The molecule has 1 aromatic carbocycles. The minimum Gasteiger partial charge on any atom is -0.371 e. The lowest BCUT2D eigenvalue weighted by molar-refractivity contribution is 0.198. The number of fused-ring (bicyclic) bond motifs is 1. The SMILES string of the molecule is CN1CC(F)(CN)c2ccccc21. The van der Waals surface area contributed by atoms with Crippen LogP contribution in [0, 0.1) is 0 Å². The summed E-state index contributed by atoms with van der Waals surface area (Å²) in [5.74, 6) is 0. The normalized spacial score (nSPS) is 26.2. The first-order valence-corrected chi connectivity index (χ1v) is 4.37. The molecule has 13 heavy (non-hydrogen) atoms. The zero-order chi connectivity index (χ0) is 9.47. The Morgan fingerprint density at radius 1 is 1.54 bits per heavy atom. The molecule has 0 bridgehead atoms. The highest BCUT2D eigenvalue weighted by atomic mass is 19.1. The number of anilines is 1. The van der Waals surface area contributed by atoms with E-state index in [2.05, 4.69) is 0 Å². The molecule has 0 saturated heterocycles. The summed E-state index contributed by atoms with van der Waals surface area (Å²) < 4.78 is 14.1. The molecule has 0 amide bonds. The predicted molar refractivity (Wildman–Crippen MR) is 51.6 cm³/mol. The van der Waals surface area contributed by atoms with Crippen molar-refractivity contribution in [1.82, 2.24) is 0 Å². The van der Waals surface area contributed by atoms with Gasteiger partial charge in [0.25, 0.3) is 0 Å². The van der Waals surface area contributed by atoms with Crippen molar-refractivity contribution in [3.63, 3.8) is 0 Å². The minimum atomic E-state index is -1.36. The topological polar surface area (TPSA) is 29.3 Å². The molecule has 2 nitrogen and oxygen atoms in total. The van der Waals surface area contributed by atoms with Gasteiger partial charge < -0.3 is 10.6 Å². The average molecular weight is 180 g/mol. The molecule has 70 valence electrons. The first-order chi connectivity index (χ1) is 6.17. The number of nitrogens with zero attached hydrogens (tertiary/aromatic N) is 1. The van der Waals surface area contributed by atoms with Gasteiger partial charge in [0.05, 0.1) is 6.54 Å². The molecule has 1 atom stereocenters. The summed E-state index contributed by atoms with van der Waals surface area (Å²) in [5.41, 5.74) is 5.76. The molecule has 0 spiro atoms. The van der Waals surface area contributed by atoms with Gasteiger partial charge in [0.2, 0.25) is 0 Å². The van der Waals surface area contributed by atoms with Gasteiger partial charge in [0, 0.05) is 24.8 Å². The van der Waals surface area contributed by atoms with Crippen LogP contribution in [0.4, 0.5) is 10.1 Å². The minimum absolute atomic E-state index is 0.0500. The van der Waals surface area contributed by atoms with Crippen molar-refractivity contribution in [2.75, 3.05) is 25.0 Å². The van der Waals surface area contributed by atoms with Crippen molar-refractivity contribution in [3.05, 3.63) is 29.8 Å². The van der Waals surface area contributed by atoms with E-state index in [-0.39, 0.29) is 6.54 Å². The number of hydrogen-bond acceptors (Lipinski definition) is 2. The zero-order valence-electron chi connectivity index (χ0n) is 7.63. The van der Waals surface area contributed by atoms with Crippen LogP contribution in [-0.2, 0) is 5.67 Å². The number of alkyl halides is 1. The van der Waals surface area contributed by atoms with Gasteiger partial charge in [-0.25, -0.2) is 4.39 Å². The molecule has 1 aliphatic rings. The lowest BCUT2D eigenvalue weighted by Crippen LogP contribution is -2.34. The Morgan fingerprint density at radius 2 is 2.23 bits per heavy atom. The summed E-state index contributed by atoms with van der Waals surface area (Å²) in [6.45, 7) is 0.414. The summed E-state index contributed by atoms with van der Waals surface area (Å²) in [4.78, 5) is 1.90. The van der Waals surface area contributed by atoms with Crippen LogP contribution < -0.4 is 10.6 Å². The number of rotatable bonds is 1. The maximum absolute atomic E-state index is 14.1. The van der Waals surface area contributed by atoms with Gasteiger partial charge in [-0.3, -0.25) is 0 Å². The standard InChI is InChI=1S/C10H13FN2/c1-13-7-10(11,6-12)8-4-2-3-5-9(8)13/h2-5H,6-7,12H2,1H3. The van der Waals surface area contributed by atoms with E-state index in [1.807, 2.05) is 36.2 Å². The highest BCUT2D eigenvalue weighted by Crippen LogP contribution is 2.39. The summed E-state index contributed by atoms with van der Waals surface area (Å²) in [7, 11) is 1.88. The first-order valence-electron chi connectivity index (χ1n) is 4.37. The van der Waals surface area contributed by atoms with Gasteiger partial charge in [-0.1, -0.05) is 18.2 Å². The number of nitrogens with two attached hydrogens (primary N) is 1.